The summed E-state index contributed by atoms with van der Waals surface area (Å²) in [6.45, 7) is 14.2. The second-order valence-corrected chi connectivity index (χ2v) is 13.1. The van der Waals surface area contributed by atoms with Crippen LogP contribution in [-0.2, 0) is 9.22 Å². The second-order valence-electron chi connectivity index (χ2n) is 8.24. The molecule has 0 radical (unpaired) electrons. The van der Waals surface area contributed by atoms with E-state index < -0.39 is 8.32 Å². The highest BCUT2D eigenvalue weighted by Gasteiger charge is 2.36. The summed E-state index contributed by atoms with van der Waals surface area (Å²) >= 11 is 0. The number of carbonyl (C=O) groups is 1. The largest absolute Gasteiger partial charge is 0.417 e. The van der Waals surface area contributed by atoms with Crippen LogP contribution in [0, 0.1) is 0 Å². The van der Waals surface area contributed by atoms with Crippen molar-refractivity contribution < 1.29 is 9.22 Å². The third-order valence-electron chi connectivity index (χ3n) is 4.94. The van der Waals surface area contributed by atoms with Crippen LogP contribution in [-0.4, -0.2) is 20.7 Å². The van der Waals surface area contributed by atoms with Crippen molar-refractivity contribution in [2.75, 3.05) is 6.61 Å². The number of hydrogen-bond acceptors (Lipinski definition) is 2. The Bertz CT molecular complexity index is 292. The van der Waals surface area contributed by atoms with Gasteiger partial charge in [-0.1, -0.05) is 65.7 Å². The Morgan fingerprint density at radius 3 is 1.64 bits per heavy atom. The van der Waals surface area contributed by atoms with E-state index in [1.165, 1.54) is 51.4 Å². The van der Waals surface area contributed by atoms with Crippen molar-refractivity contribution in [2.45, 2.75) is 110 Å². The molecule has 0 spiro atoms. The number of carbonyl (C=O) groups excluding carboxylic acids is 1. The minimum Gasteiger partial charge on any atom is -0.417 e. The van der Waals surface area contributed by atoms with Crippen molar-refractivity contribution in [3.8, 4) is 0 Å². The van der Waals surface area contributed by atoms with Crippen LogP contribution in [0.1, 0.15) is 91.9 Å². The fraction of sp³-hybridized carbons (Fsp3) is 0.947. The van der Waals surface area contributed by atoms with Gasteiger partial charge in [0.1, 0.15) is 5.78 Å². The first kappa shape index (κ1) is 21.8. The number of hydrogen-bond donors (Lipinski definition) is 0. The fourth-order valence-corrected chi connectivity index (χ4v) is 3.34. The molecule has 22 heavy (non-hydrogen) atoms. The van der Waals surface area contributed by atoms with E-state index in [0.717, 1.165) is 19.4 Å². The smallest absolute Gasteiger partial charge is 0.191 e. The summed E-state index contributed by atoms with van der Waals surface area (Å²) in [6, 6.07) is 0. The Hall–Kier alpha value is -0.153. The topological polar surface area (TPSA) is 26.3 Å². The van der Waals surface area contributed by atoms with Crippen molar-refractivity contribution in [2.24, 2.45) is 0 Å². The second kappa shape index (κ2) is 11.4. The predicted octanol–water partition coefficient (Wildman–Crippen LogP) is 6.50. The van der Waals surface area contributed by atoms with Crippen molar-refractivity contribution >= 4 is 14.1 Å². The highest BCUT2D eigenvalue weighted by Crippen LogP contribution is 2.36. The lowest BCUT2D eigenvalue weighted by molar-refractivity contribution is -0.117. The van der Waals surface area contributed by atoms with Gasteiger partial charge >= 0.3 is 0 Å². The van der Waals surface area contributed by atoms with E-state index >= 15 is 0 Å². The average molecular weight is 329 g/mol. The molecule has 0 bridgehead atoms. The van der Waals surface area contributed by atoms with Crippen molar-refractivity contribution in [3.63, 3.8) is 0 Å². The van der Waals surface area contributed by atoms with Crippen molar-refractivity contribution in [1.29, 1.82) is 0 Å². The normalized spacial score (nSPS) is 12.6. The zero-order chi connectivity index (χ0) is 17.1. The van der Waals surface area contributed by atoms with Crippen LogP contribution in [0.15, 0.2) is 0 Å². The van der Waals surface area contributed by atoms with E-state index in [2.05, 4.69) is 33.9 Å². The summed E-state index contributed by atoms with van der Waals surface area (Å²) in [6.07, 6.45) is 12.3. The van der Waals surface area contributed by atoms with Crippen LogP contribution in [0.2, 0.25) is 18.1 Å². The SMILES string of the molecule is CC(=O)CCCCCCCCCCCO[Si](C)(C)C(C)(C)C. The molecular formula is C19H40O2Si. The van der Waals surface area contributed by atoms with E-state index in [4.69, 9.17) is 4.43 Å². The maximum atomic E-state index is 10.8. The van der Waals surface area contributed by atoms with Gasteiger partial charge in [-0.05, 0) is 37.9 Å². The minimum absolute atomic E-state index is 0.329. The number of ketones is 1. The lowest BCUT2D eigenvalue weighted by atomic mass is 10.1. The highest BCUT2D eigenvalue weighted by molar-refractivity contribution is 6.74. The maximum absolute atomic E-state index is 10.8. The van der Waals surface area contributed by atoms with E-state index in [1.54, 1.807) is 6.92 Å². The van der Waals surface area contributed by atoms with Gasteiger partial charge in [-0.25, -0.2) is 0 Å². The summed E-state index contributed by atoms with van der Waals surface area (Å²) in [5.74, 6) is 0.333. The molecule has 0 atom stereocenters. The Morgan fingerprint density at radius 1 is 0.818 bits per heavy atom. The number of Topliss-reactive ketones (excluding diaryl/α,β-unsaturated/α-hetero) is 1. The summed E-state index contributed by atoms with van der Waals surface area (Å²) in [7, 11) is -1.53. The first-order valence-electron chi connectivity index (χ1n) is 9.30. The van der Waals surface area contributed by atoms with E-state index in [1.807, 2.05) is 0 Å². The Morgan fingerprint density at radius 2 is 1.23 bits per heavy atom. The van der Waals surface area contributed by atoms with Crippen LogP contribution in [0.5, 0.6) is 0 Å². The monoisotopic (exact) mass is 328 g/mol. The molecule has 0 aliphatic carbocycles. The minimum atomic E-state index is -1.53. The van der Waals surface area contributed by atoms with Crippen molar-refractivity contribution in [3.05, 3.63) is 0 Å². The molecule has 0 rings (SSSR count). The predicted molar refractivity (Wildman–Crippen MR) is 100 cm³/mol. The van der Waals surface area contributed by atoms with Gasteiger partial charge in [-0.2, -0.15) is 0 Å². The molecule has 3 heteroatoms. The molecule has 2 nitrogen and oxygen atoms in total. The van der Waals surface area contributed by atoms with Gasteiger partial charge in [0.05, 0.1) is 0 Å². The molecule has 0 fully saturated rings. The molecular weight excluding hydrogens is 288 g/mol. The van der Waals surface area contributed by atoms with Crippen LogP contribution in [0.4, 0.5) is 0 Å². The summed E-state index contributed by atoms with van der Waals surface area (Å²) < 4.78 is 6.20. The van der Waals surface area contributed by atoms with Crippen molar-refractivity contribution in [1.82, 2.24) is 0 Å². The lowest BCUT2D eigenvalue weighted by Gasteiger charge is -2.36. The molecule has 0 unspecified atom stereocenters. The molecule has 0 saturated carbocycles. The van der Waals surface area contributed by atoms with Gasteiger partial charge in [-0.3, -0.25) is 0 Å². The quantitative estimate of drug-likeness (QED) is 0.285. The highest BCUT2D eigenvalue weighted by atomic mass is 28.4. The van der Waals surface area contributed by atoms with Gasteiger partial charge in [0.25, 0.3) is 0 Å². The standard InChI is InChI=1S/C19H40O2Si/c1-18(20)16-14-12-10-8-7-9-11-13-15-17-21-22(5,6)19(2,3)4/h7-17H2,1-6H3. The lowest BCUT2D eigenvalue weighted by Crippen LogP contribution is -2.40. The van der Waals surface area contributed by atoms with E-state index in [0.29, 0.717) is 10.8 Å². The van der Waals surface area contributed by atoms with Gasteiger partial charge in [0, 0.05) is 13.0 Å². The Kier molecular flexibility index (Phi) is 11.3. The van der Waals surface area contributed by atoms with E-state index in [9.17, 15) is 4.79 Å². The zero-order valence-corrected chi connectivity index (χ0v) is 17.1. The average Bonchev–Trinajstić information content (AvgIpc) is 2.38. The van der Waals surface area contributed by atoms with Gasteiger partial charge in [0.15, 0.2) is 8.32 Å². The molecule has 0 amide bonds. The summed E-state index contributed by atoms with van der Waals surface area (Å²) in [5, 5.41) is 0.329. The molecule has 0 N–H and O–H groups in total. The first-order valence-corrected chi connectivity index (χ1v) is 12.2. The summed E-state index contributed by atoms with van der Waals surface area (Å²) in [5.41, 5.74) is 0. The summed E-state index contributed by atoms with van der Waals surface area (Å²) in [4.78, 5) is 10.8. The molecule has 0 aromatic carbocycles. The molecule has 0 aromatic heterocycles. The zero-order valence-electron chi connectivity index (χ0n) is 16.1. The van der Waals surface area contributed by atoms with Crippen LogP contribution < -0.4 is 0 Å². The van der Waals surface area contributed by atoms with Gasteiger partial charge < -0.3 is 9.22 Å². The van der Waals surface area contributed by atoms with Crippen LogP contribution in [0.25, 0.3) is 0 Å². The molecule has 0 aliphatic heterocycles. The molecule has 0 heterocycles. The van der Waals surface area contributed by atoms with Crippen LogP contribution >= 0.6 is 0 Å². The molecule has 132 valence electrons. The van der Waals surface area contributed by atoms with Gasteiger partial charge in [-0.15, -0.1) is 0 Å². The number of rotatable bonds is 13. The molecule has 0 aromatic rings. The third kappa shape index (κ3) is 11.4. The Labute approximate surface area is 140 Å². The molecule has 0 saturated heterocycles. The Balaban J connectivity index is 3.33. The third-order valence-corrected chi connectivity index (χ3v) is 9.48. The first-order chi connectivity index (χ1) is 10.2. The number of unbranched alkanes of at least 4 members (excludes halogenated alkanes) is 8. The van der Waals surface area contributed by atoms with Gasteiger partial charge in [0.2, 0.25) is 0 Å². The van der Waals surface area contributed by atoms with E-state index in [-0.39, 0.29) is 0 Å². The maximum Gasteiger partial charge on any atom is 0.191 e. The fourth-order valence-electron chi connectivity index (χ4n) is 2.26. The van der Waals surface area contributed by atoms with Crippen LogP contribution in [0.3, 0.4) is 0 Å². The molecule has 0 aliphatic rings.